The van der Waals surface area contributed by atoms with E-state index in [1.54, 1.807) is 6.92 Å². The molecule has 0 aliphatic carbocycles. The lowest BCUT2D eigenvalue weighted by molar-refractivity contribution is -0.145. The number of nitrogens with one attached hydrogen (secondary N) is 1. The molecule has 0 saturated carbocycles. The highest BCUT2D eigenvalue weighted by Crippen LogP contribution is 2.21. The standard InChI is InChI=1S/C30H45F3N4O5/c1-4-6-7-8-11-20-37-29(40)36(19-13-17-30(31,32)33)28(39)27(35-37)34-18-10-9-14-24-15-12-16-25(21-24)42-23(3)22-41-26(38)5-2/h12,15-16,21,23H,4-11,13-14,17-20,22H2,1-3H3,(H,34,35). The molecule has 0 radical (unpaired) electrons. The van der Waals surface area contributed by atoms with Gasteiger partial charge < -0.3 is 14.8 Å². The highest BCUT2D eigenvalue weighted by molar-refractivity contribution is 5.68. The molecular formula is C30H45F3N4O5. The van der Waals surface area contributed by atoms with Gasteiger partial charge in [0.1, 0.15) is 18.5 Å². The van der Waals surface area contributed by atoms with Crippen molar-refractivity contribution in [1.82, 2.24) is 14.3 Å². The Morgan fingerprint density at radius 1 is 1.02 bits per heavy atom. The third-order valence-electron chi connectivity index (χ3n) is 6.62. The molecule has 1 N–H and O–H groups in total. The van der Waals surface area contributed by atoms with E-state index in [-0.39, 0.29) is 37.5 Å². The Morgan fingerprint density at radius 3 is 2.50 bits per heavy atom. The second-order valence-electron chi connectivity index (χ2n) is 10.4. The van der Waals surface area contributed by atoms with Gasteiger partial charge in [0, 0.05) is 32.5 Å². The highest BCUT2D eigenvalue weighted by Gasteiger charge is 2.26. The second-order valence-corrected chi connectivity index (χ2v) is 10.4. The molecular weight excluding hydrogens is 553 g/mol. The minimum Gasteiger partial charge on any atom is -0.487 e. The van der Waals surface area contributed by atoms with Crippen LogP contribution in [0.1, 0.15) is 90.5 Å². The molecule has 9 nitrogen and oxygen atoms in total. The van der Waals surface area contributed by atoms with Crippen LogP contribution in [0.25, 0.3) is 0 Å². The molecule has 0 aliphatic rings. The first-order valence-corrected chi connectivity index (χ1v) is 15.0. The first kappa shape index (κ1) is 34.9. The van der Waals surface area contributed by atoms with Crippen molar-refractivity contribution in [3.63, 3.8) is 0 Å². The van der Waals surface area contributed by atoms with E-state index in [9.17, 15) is 27.6 Å². The molecule has 0 aliphatic heterocycles. The van der Waals surface area contributed by atoms with Gasteiger partial charge in [-0.05, 0) is 56.7 Å². The van der Waals surface area contributed by atoms with Crippen LogP contribution >= 0.6 is 0 Å². The number of hydrogen-bond acceptors (Lipinski definition) is 7. The first-order chi connectivity index (χ1) is 20.0. The average Bonchev–Trinajstić information content (AvgIpc) is 2.94. The summed E-state index contributed by atoms with van der Waals surface area (Å²) in [6.45, 7) is 6.23. The zero-order chi connectivity index (χ0) is 31.0. The van der Waals surface area contributed by atoms with Crippen LogP contribution in [-0.4, -0.2) is 45.7 Å². The van der Waals surface area contributed by atoms with Crippen LogP contribution in [0.4, 0.5) is 19.0 Å². The molecule has 1 aromatic carbocycles. The Bertz CT molecular complexity index is 1210. The number of unbranched alkanes of at least 4 members (excludes halogenated alkanes) is 5. The number of nitrogens with zero attached hydrogens (tertiary/aromatic N) is 3. The zero-order valence-electron chi connectivity index (χ0n) is 25.0. The van der Waals surface area contributed by atoms with Gasteiger partial charge in [0.25, 0.3) is 5.56 Å². The normalized spacial score (nSPS) is 12.2. The number of hydrogen-bond donors (Lipinski definition) is 1. The monoisotopic (exact) mass is 598 g/mol. The Kier molecular flexibility index (Phi) is 15.2. The number of rotatable bonds is 20. The zero-order valence-corrected chi connectivity index (χ0v) is 25.0. The molecule has 0 saturated heterocycles. The number of anilines is 1. The van der Waals surface area contributed by atoms with Crippen molar-refractivity contribution in [2.24, 2.45) is 0 Å². The SMILES string of the molecule is CCCCCCCn1nc(NCCCCc2cccc(OC(C)COC(=O)CC)c2)c(=O)n(CCCC(F)(F)F)c1=O. The molecule has 0 bridgehead atoms. The van der Waals surface area contributed by atoms with E-state index in [0.29, 0.717) is 38.1 Å². The Balaban J connectivity index is 1.95. The van der Waals surface area contributed by atoms with Gasteiger partial charge in [-0.3, -0.25) is 14.2 Å². The fourth-order valence-electron chi connectivity index (χ4n) is 4.33. The van der Waals surface area contributed by atoms with Crippen molar-refractivity contribution < 1.29 is 27.4 Å². The van der Waals surface area contributed by atoms with E-state index in [1.807, 2.05) is 31.2 Å². The number of benzene rings is 1. The summed E-state index contributed by atoms with van der Waals surface area (Å²) in [6.07, 6.45) is 1.24. The summed E-state index contributed by atoms with van der Waals surface area (Å²) >= 11 is 0. The minimum atomic E-state index is -4.36. The molecule has 42 heavy (non-hydrogen) atoms. The van der Waals surface area contributed by atoms with Crippen LogP contribution in [0.3, 0.4) is 0 Å². The number of aromatic nitrogens is 3. The summed E-state index contributed by atoms with van der Waals surface area (Å²) in [5.41, 5.74) is -0.317. The molecule has 1 heterocycles. The maximum atomic E-state index is 12.9. The van der Waals surface area contributed by atoms with Gasteiger partial charge in [-0.2, -0.15) is 13.2 Å². The lowest BCUT2D eigenvalue weighted by Gasteiger charge is -2.15. The number of carbonyl (C=O) groups excluding carboxylic acids is 1. The number of halogens is 3. The summed E-state index contributed by atoms with van der Waals surface area (Å²) in [5, 5.41) is 7.22. The highest BCUT2D eigenvalue weighted by atomic mass is 19.4. The molecule has 1 unspecified atom stereocenters. The Morgan fingerprint density at radius 2 is 1.79 bits per heavy atom. The molecule has 0 fully saturated rings. The fourth-order valence-corrected chi connectivity index (χ4v) is 4.33. The topological polar surface area (TPSA) is 104 Å². The summed E-state index contributed by atoms with van der Waals surface area (Å²) in [5.74, 6) is 0.380. The molecule has 2 rings (SSSR count). The Hall–Kier alpha value is -3.31. The predicted octanol–water partition coefficient (Wildman–Crippen LogP) is 5.87. The fraction of sp³-hybridized carbons (Fsp3) is 0.667. The summed E-state index contributed by atoms with van der Waals surface area (Å²) in [4.78, 5) is 37.1. The lowest BCUT2D eigenvalue weighted by atomic mass is 10.1. The van der Waals surface area contributed by atoms with Crippen molar-refractivity contribution in [3.8, 4) is 5.75 Å². The largest absolute Gasteiger partial charge is 0.487 e. The average molecular weight is 599 g/mol. The third kappa shape index (κ3) is 13.1. The van der Waals surface area contributed by atoms with Crippen molar-refractivity contribution >= 4 is 11.8 Å². The van der Waals surface area contributed by atoms with E-state index in [0.717, 1.165) is 48.7 Å². The van der Waals surface area contributed by atoms with Gasteiger partial charge >= 0.3 is 17.8 Å². The summed E-state index contributed by atoms with van der Waals surface area (Å²) in [7, 11) is 0. The van der Waals surface area contributed by atoms with Gasteiger partial charge in [0.05, 0.1) is 0 Å². The van der Waals surface area contributed by atoms with Crippen LogP contribution in [0.5, 0.6) is 5.75 Å². The number of aryl methyl sites for hydroxylation is 2. The maximum Gasteiger partial charge on any atom is 0.389 e. The van der Waals surface area contributed by atoms with Gasteiger partial charge in [-0.15, -0.1) is 5.10 Å². The molecule has 2 aromatic rings. The van der Waals surface area contributed by atoms with Crippen molar-refractivity contribution in [1.29, 1.82) is 0 Å². The van der Waals surface area contributed by atoms with Crippen LogP contribution in [0.15, 0.2) is 33.9 Å². The van der Waals surface area contributed by atoms with Crippen LogP contribution in [-0.2, 0) is 29.0 Å². The molecule has 12 heteroatoms. The molecule has 0 spiro atoms. The molecule has 1 atom stereocenters. The second kappa shape index (κ2) is 18.3. The first-order valence-electron chi connectivity index (χ1n) is 15.0. The van der Waals surface area contributed by atoms with Gasteiger partial charge in [-0.25, -0.2) is 9.48 Å². The predicted molar refractivity (Wildman–Crippen MR) is 156 cm³/mol. The minimum absolute atomic E-state index is 0.0247. The van der Waals surface area contributed by atoms with Gasteiger partial charge in [-0.1, -0.05) is 51.7 Å². The number of carbonyl (C=O) groups is 1. The van der Waals surface area contributed by atoms with E-state index in [1.165, 1.54) is 4.68 Å². The third-order valence-corrected chi connectivity index (χ3v) is 6.62. The van der Waals surface area contributed by atoms with Crippen molar-refractivity contribution in [2.45, 2.75) is 117 Å². The summed E-state index contributed by atoms with van der Waals surface area (Å²) < 4.78 is 51.1. The van der Waals surface area contributed by atoms with Gasteiger partial charge in [0.2, 0.25) is 5.82 Å². The number of esters is 1. The van der Waals surface area contributed by atoms with Crippen LogP contribution in [0, 0.1) is 0 Å². The molecule has 0 amide bonds. The molecule has 1 aromatic heterocycles. The lowest BCUT2D eigenvalue weighted by Crippen LogP contribution is -2.43. The van der Waals surface area contributed by atoms with Crippen LogP contribution < -0.4 is 21.3 Å². The van der Waals surface area contributed by atoms with Gasteiger partial charge in [0.15, 0.2) is 0 Å². The smallest absolute Gasteiger partial charge is 0.389 e. The number of ether oxygens (including phenoxy) is 2. The quantitative estimate of drug-likeness (QED) is 0.150. The van der Waals surface area contributed by atoms with E-state index >= 15 is 0 Å². The van der Waals surface area contributed by atoms with Crippen molar-refractivity contribution in [3.05, 3.63) is 50.7 Å². The van der Waals surface area contributed by atoms with E-state index in [2.05, 4.69) is 17.3 Å². The van der Waals surface area contributed by atoms with E-state index in [4.69, 9.17) is 9.47 Å². The van der Waals surface area contributed by atoms with E-state index < -0.39 is 23.8 Å². The summed E-state index contributed by atoms with van der Waals surface area (Å²) in [6, 6.07) is 7.65. The number of alkyl halides is 3. The molecule has 236 valence electrons. The Labute approximate surface area is 245 Å². The maximum absolute atomic E-state index is 12.9. The van der Waals surface area contributed by atoms with Crippen LogP contribution in [0.2, 0.25) is 0 Å². The van der Waals surface area contributed by atoms with Crippen molar-refractivity contribution in [2.75, 3.05) is 18.5 Å².